The zero-order valence-corrected chi connectivity index (χ0v) is 10.3. The maximum atomic E-state index is 11.5. The standard InChI is InChI=1S/C10H18ClN3O2/c1-2-3-13-4-6-14(7-5-13)10(16)12-9(15)8-11/h2-8H2,1H3,(H,12,15,16). The van der Waals surface area contributed by atoms with Crippen LogP contribution < -0.4 is 5.32 Å². The first-order chi connectivity index (χ1) is 7.67. The predicted octanol–water partition coefficient (Wildman–Crippen LogP) is 0.489. The third-order valence-electron chi connectivity index (χ3n) is 2.57. The molecule has 1 N–H and O–H groups in total. The van der Waals surface area contributed by atoms with Gasteiger partial charge in [0.1, 0.15) is 5.88 Å². The predicted molar refractivity (Wildman–Crippen MR) is 62.6 cm³/mol. The number of carbonyl (C=O) groups is 2. The topological polar surface area (TPSA) is 52.6 Å². The molecule has 16 heavy (non-hydrogen) atoms. The second-order valence-corrected chi connectivity index (χ2v) is 4.08. The fraction of sp³-hybridized carbons (Fsp3) is 0.800. The smallest absolute Gasteiger partial charge is 0.322 e. The Morgan fingerprint density at radius 2 is 1.88 bits per heavy atom. The van der Waals surface area contributed by atoms with Gasteiger partial charge in [0.05, 0.1) is 0 Å². The summed E-state index contributed by atoms with van der Waals surface area (Å²) in [5, 5.41) is 2.24. The van der Waals surface area contributed by atoms with Crippen LogP contribution in [0.2, 0.25) is 0 Å². The summed E-state index contributed by atoms with van der Waals surface area (Å²) in [6.07, 6.45) is 1.12. The number of nitrogens with zero attached hydrogens (tertiary/aromatic N) is 2. The van der Waals surface area contributed by atoms with Crippen molar-refractivity contribution >= 4 is 23.5 Å². The summed E-state index contributed by atoms with van der Waals surface area (Å²) in [6.45, 7) is 6.28. The lowest BCUT2D eigenvalue weighted by Gasteiger charge is -2.34. The molecule has 1 aliphatic heterocycles. The van der Waals surface area contributed by atoms with Crippen molar-refractivity contribution in [3.05, 3.63) is 0 Å². The van der Waals surface area contributed by atoms with Crippen LogP contribution >= 0.6 is 11.6 Å². The fourth-order valence-corrected chi connectivity index (χ4v) is 1.79. The molecule has 0 aromatic rings. The number of piperazine rings is 1. The highest BCUT2D eigenvalue weighted by molar-refractivity contribution is 6.28. The van der Waals surface area contributed by atoms with Gasteiger partial charge >= 0.3 is 6.03 Å². The average molecular weight is 248 g/mol. The van der Waals surface area contributed by atoms with E-state index in [9.17, 15) is 9.59 Å². The minimum Gasteiger partial charge on any atom is -0.322 e. The number of hydrogen-bond acceptors (Lipinski definition) is 3. The van der Waals surface area contributed by atoms with E-state index in [2.05, 4.69) is 17.1 Å². The number of hydrogen-bond donors (Lipinski definition) is 1. The highest BCUT2D eigenvalue weighted by atomic mass is 35.5. The van der Waals surface area contributed by atoms with Crippen LogP contribution in [0.3, 0.4) is 0 Å². The summed E-state index contributed by atoms with van der Waals surface area (Å²) in [4.78, 5) is 26.4. The lowest BCUT2D eigenvalue weighted by atomic mass is 10.3. The maximum absolute atomic E-state index is 11.5. The number of imide groups is 1. The van der Waals surface area contributed by atoms with Crippen LogP contribution in [0.15, 0.2) is 0 Å². The highest BCUT2D eigenvalue weighted by Crippen LogP contribution is 2.02. The lowest BCUT2D eigenvalue weighted by molar-refractivity contribution is -0.117. The number of nitrogens with one attached hydrogen (secondary N) is 1. The molecule has 0 aromatic heterocycles. The number of halogens is 1. The van der Waals surface area contributed by atoms with E-state index >= 15 is 0 Å². The molecule has 3 amide bonds. The van der Waals surface area contributed by atoms with Gasteiger partial charge in [-0.1, -0.05) is 6.92 Å². The first-order valence-corrected chi connectivity index (χ1v) is 6.08. The molecule has 0 aromatic carbocycles. The lowest BCUT2D eigenvalue weighted by Crippen LogP contribution is -2.52. The summed E-state index contributed by atoms with van der Waals surface area (Å²) < 4.78 is 0. The van der Waals surface area contributed by atoms with E-state index in [0.717, 1.165) is 26.1 Å². The van der Waals surface area contributed by atoms with E-state index in [0.29, 0.717) is 13.1 Å². The number of rotatable bonds is 3. The molecule has 6 heteroatoms. The zero-order valence-electron chi connectivity index (χ0n) is 9.54. The van der Waals surface area contributed by atoms with E-state index in [1.165, 1.54) is 0 Å². The van der Waals surface area contributed by atoms with Gasteiger partial charge in [-0.25, -0.2) is 4.79 Å². The van der Waals surface area contributed by atoms with Crippen LogP contribution in [0.4, 0.5) is 4.79 Å². The molecule has 0 bridgehead atoms. The first-order valence-electron chi connectivity index (χ1n) is 5.54. The van der Waals surface area contributed by atoms with Gasteiger partial charge in [0.2, 0.25) is 5.91 Å². The molecule has 0 saturated carbocycles. The Kier molecular flexibility index (Phi) is 5.55. The number of carbonyl (C=O) groups excluding carboxylic acids is 2. The average Bonchev–Trinajstić information content (AvgIpc) is 2.30. The van der Waals surface area contributed by atoms with Gasteiger partial charge in [-0.3, -0.25) is 15.0 Å². The molecule has 92 valence electrons. The molecular weight excluding hydrogens is 230 g/mol. The Labute approximate surface area is 101 Å². The van der Waals surface area contributed by atoms with Crippen molar-refractivity contribution in [2.24, 2.45) is 0 Å². The molecular formula is C10H18ClN3O2. The summed E-state index contributed by atoms with van der Waals surface area (Å²) in [5.74, 6) is -0.621. The minimum atomic E-state index is -0.442. The molecule has 1 rings (SSSR count). The first kappa shape index (κ1) is 13.3. The fourth-order valence-electron chi connectivity index (χ4n) is 1.72. The number of urea groups is 1. The van der Waals surface area contributed by atoms with Crippen molar-refractivity contribution in [3.8, 4) is 0 Å². The van der Waals surface area contributed by atoms with Crippen molar-refractivity contribution in [2.45, 2.75) is 13.3 Å². The van der Waals surface area contributed by atoms with Crippen molar-refractivity contribution in [1.29, 1.82) is 0 Å². The molecule has 0 spiro atoms. The second-order valence-electron chi connectivity index (χ2n) is 3.82. The minimum absolute atomic E-state index is 0.179. The Balaban J connectivity index is 2.30. The third kappa shape index (κ3) is 3.98. The summed E-state index contributed by atoms with van der Waals surface area (Å²) in [5.41, 5.74) is 0. The Morgan fingerprint density at radius 3 is 2.38 bits per heavy atom. The molecule has 0 aliphatic carbocycles. The van der Waals surface area contributed by atoms with Gasteiger partial charge in [0.15, 0.2) is 0 Å². The molecule has 5 nitrogen and oxygen atoms in total. The zero-order chi connectivity index (χ0) is 12.0. The van der Waals surface area contributed by atoms with E-state index in [-0.39, 0.29) is 11.9 Å². The van der Waals surface area contributed by atoms with Gasteiger partial charge in [-0.05, 0) is 13.0 Å². The van der Waals surface area contributed by atoms with Crippen molar-refractivity contribution in [2.75, 3.05) is 38.6 Å². The van der Waals surface area contributed by atoms with E-state index in [1.807, 2.05) is 0 Å². The van der Waals surface area contributed by atoms with Gasteiger partial charge in [-0.2, -0.15) is 0 Å². The molecule has 0 atom stereocenters. The summed E-state index contributed by atoms with van der Waals surface area (Å²) in [6, 6.07) is -0.332. The van der Waals surface area contributed by atoms with Crippen LogP contribution in [-0.2, 0) is 4.79 Å². The second kappa shape index (κ2) is 6.70. The van der Waals surface area contributed by atoms with Gasteiger partial charge < -0.3 is 4.90 Å². The van der Waals surface area contributed by atoms with Gasteiger partial charge in [-0.15, -0.1) is 11.6 Å². The van der Waals surface area contributed by atoms with E-state index < -0.39 is 5.91 Å². The Morgan fingerprint density at radius 1 is 1.25 bits per heavy atom. The maximum Gasteiger partial charge on any atom is 0.324 e. The number of amides is 3. The largest absolute Gasteiger partial charge is 0.324 e. The van der Waals surface area contributed by atoms with Crippen LogP contribution in [-0.4, -0.2) is 60.3 Å². The molecule has 0 radical (unpaired) electrons. The van der Waals surface area contributed by atoms with E-state index in [4.69, 9.17) is 11.6 Å². The van der Waals surface area contributed by atoms with E-state index in [1.54, 1.807) is 4.90 Å². The van der Waals surface area contributed by atoms with Crippen molar-refractivity contribution in [1.82, 2.24) is 15.1 Å². The van der Waals surface area contributed by atoms with Gasteiger partial charge in [0.25, 0.3) is 0 Å². The highest BCUT2D eigenvalue weighted by Gasteiger charge is 2.21. The quantitative estimate of drug-likeness (QED) is 0.739. The van der Waals surface area contributed by atoms with Gasteiger partial charge in [0, 0.05) is 26.2 Å². The SMILES string of the molecule is CCCN1CCN(C(=O)NC(=O)CCl)CC1. The monoisotopic (exact) mass is 247 g/mol. The molecule has 0 unspecified atom stereocenters. The molecule has 1 aliphatic rings. The summed E-state index contributed by atoms with van der Waals surface area (Å²) >= 11 is 5.31. The Hall–Kier alpha value is -0.810. The number of alkyl halides is 1. The van der Waals surface area contributed by atoms with Crippen LogP contribution in [0.5, 0.6) is 0 Å². The molecule has 1 saturated heterocycles. The molecule has 1 fully saturated rings. The third-order valence-corrected chi connectivity index (χ3v) is 2.81. The Bertz CT molecular complexity index is 252. The van der Waals surface area contributed by atoms with Crippen molar-refractivity contribution < 1.29 is 9.59 Å². The molecule has 1 heterocycles. The van der Waals surface area contributed by atoms with Crippen molar-refractivity contribution in [3.63, 3.8) is 0 Å². The normalized spacial score (nSPS) is 17.2. The van der Waals surface area contributed by atoms with Crippen LogP contribution in [0.25, 0.3) is 0 Å². The van der Waals surface area contributed by atoms with Crippen LogP contribution in [0, 0.1) is 0 Å². The van der Waals surface area contributed by atoms with Crippen LogP contribution in [0.1, 0.15) is 13.3 Å². The summed E-state index contributed by atoms with van der Waals surface area (Å²) in [7, 11) is 0.